The number of aliphatic hydroxyl groups is 1. The van der Waals surface area contributed by atoms with Crippen LogP contribution in [0.3, 0.4) is 0 Å². The second-order valence-electron chi connectivity index (χ2n) is 16.1. The molecule has 3 fully saturated rings. The van der Waals surface area contributed by atoms with E-state index in [1.807, 2.05) is 32.8 Å². The minimum Gasteiger partial charge on any atom is -0.463 e. The molecule has 0 spiro atoms. The summed E-state index contributed by atoms with van der Waals surface area (Å²) in [5, 5.41) is 15.0. The van der Waals surface area contributed by atoms with E-state index in [0.29, 0.717) is 24.8 Å². The highest BCUT2D eigenvalue weighted by atomic mass is 16.7. The Morgan fingerprint density at radius 1 is 1.07 bits per heavy atom. The summed E-state index contributed by atoms with van der Waals surface area (Å²) in [6, 6.07) is -0.181. The predicted octanol–water partition coefficient (Wildman–Crippen LogP) is 3.88. The molecule has 0 radical (unpaired) electrons. The standard InChI is InChI=1S/C35H65N3O7/c1-23-20-35(8,42-11)30(45-31-28(39)27(37(9)10)19-24(2)44-31)25(3)29(40)34(6,7)32(41)43-22-26(36-21-23)13-12-16-38-17-14-33(4,5)15-18-38/h23-28,30-31,36,39H,12-22H2,1-11H3/t23-,24-,25+,26+,27+,28-,30-,31+,35-/m1/s1. The molecule has 45 heavy (non-hydrogen) atoms. The average Bonchev–Trinajstić information content (AvgIpc) is 2.97. The number of esters is 1. The number of hydrogen-bond acceptors (Lipinski definition) is 10. The zero-order valence-corrected chi connectivity index (χ0v) is 30.2. The Morgan fingerprint density at radius 3 is 2.31 bits per heavy atom. The number of nitrogens with zero attached hydrogens (tertiary/aromatic N) is 2. The van der Waals surface area contributed by atoms with Gasteiger partial charge in [-0.3, -0.25) is 9.59 Å². The van der Waals surface area contributed by atoms with Gasteiger partial charge in [0.25, 0.3) is 0 Å². The third-order valence-electron chi connectivity index (χ3n) is 10.8. The van der Waals surface area contributed by atoms with Crippen LogP contribution in [0.4, 0.5) is 0 Å². The van der Waals surface area contributed by atoms with Crippen LogP contribution in [-0.2, 0) is 28.5 Å². The Bertz CT molecular complexity index is 965. The molecule has 3 heterocycles. The van der Waals surface area contributed by atoms with Crippen LogP contribution in [0.5, 0.6) is 0 Å². The monoisotopic (exact) mass is 639 g/mol. The first kappa shape index (κ1) is 38.3. The molecule has 0 saturated carbocycles. The quantitative estimate of drug-likeness (QED) is 0.300. The van der Waals surface area contributed by atoms with E-state index in [0.717, 1.165) is 32.5 Å². The van der Waals surface area contributed by atoms with Crippen molar-refractivity contribution in [1.29, 1.82) is 0 Å². The minimum atomic E-state index is -1.40. The molecular formula is C35H65N3O7. The highest BCUT2D eigenvalue weighted by Gasteiger charge is 2.51. The number of aliphatic hydroxyl groups excluding tert-OH is 1. The van der Waals surface area contributed by atoms with Crippen LogP contribution >= 0.6 is 0 Å². The number of likely N-dealkylation sites (tertiary alicyclic amines) is 1. The van der Waals surface area contributed by atoms with Crippen LogP contribution in [0.2, 0.25) is 0 Å². The zero-order valence-electron chi connectivity index (χ0n) is 30.2. The van der Waals surface area contributed by atoms with Gasteiger partial charge < -0.3 is 39.2 Å². The first-order chi connectivity index (χ1) is 20.9. The normalized spacial score (nSPS) is 39.0. The summed E-state index contributed by atoms with van der Waals surface area (Å²) in [5.74, 6) is -1.41. The van der Waals surface area contributed by atoms with Crippen molar-refractivity contribution in [3.8, 4) is 0 Å². The van der Waals surface area contributed by atoms with Crippen LogP contribution in [0.1, 0.15) is 93.9 Å². The molecule has 10 nitrogen and oxygen atoms in total. The van der Waals surface area contributed by atoms with Gasteiger partial charge in [-0.15, -0.1) is 0 Å². The maximum absolute atomic E-state index is 14.1. The molecule has 3 saturated heterocycles. The molecule has 3 aliphatic heterocycles. The highest BCUT2D eigenvalue weighted by molar-refractivity contribution is 6.04. The molecule has 0 unspecified atom stereocenters. The van der Waals surface area contributed by atoms with Crippen molar-refractivity contribution in [3.63, 3.8) is 0 Å². The smallest absolute Gasteiger partial charge is 0.319 e. The van der Waals surface area contributed by atoms with Crippen LogP contribution in [0.15, 0.2) is 0 Å². The largest absolute Gasteiger partial charge is 0.463 e. The summed E-state index contributed by atoms with van der Waals surface area (Å²) < 4.78 is 24.8. The Morgan fingerprint density at radius 2 is 1.71 bits per heavy atom. The molecule has 0 aromatic rings. The second-order valence-corrected chi connectivity index (χ2v) is 16.1. The fourth-order valence-corrected chi connectivity index (χ4v) is 7.39. The first-order valence-electron chi connectivity index (χ1n) is 17.3. The molecular weight excluding hydrogens is 574 g/mol. The van der Waals surface area contributed by atoms with Crippen molar-refractivity contribution < 1.29 is 33.6 Å². The van der Waals surface area contributed by atoms with E-state index in [1.165, 1.54) is 12.8 Å². The minimum absolute atomic E-state index is 0.0159. The lowest BCUT2D eigenvalue weighted by atomic mass is 9.74. The SMILES string of the molecule is CO[C@]1(C)C[C@@H](C)CN[C@@H](CCCN2CCC(C)(C)CC2)COC(=O)C(C)(C)C(=O)[C@H](C)[C@H]1O[C@@H]1O[C@H](C)C[C@H](N(C)C)[C@H]1O. The van der Waals surface area contributed by atoms with Gasteiger partial charge in [-0.25, -0.2) is 0 Å². The number of likely N-dealkylation sites (N-methyl/N-ethyl adjacent to an activating group) is 1. The number of carbonyl (C=O) groups excluding carboxylic acids is 2. The Hall–Kier alpha value is -1.14. The van der Waals surface area contributed by atoms with Crippen molar-refractivity contribution in [2.24, 2.45) is 22.7 Å². The third-order valence-corrected chi connectivity index (χ3v) is 10.8. The summed E-state index contributed by atoms with van der Waals surface area (Å²) >= 11 is 0. The van der Waals surface area contributed by atoms with Gasteiger partial charge in [0, 0.05) is 25.1 Å². The topological polar surface area (TPSA) is 110 Å². The van der Waals surface area contributed by atoms with Crippen molar-refractivity contribution in [1.82, 2.24) is 15.1 Å². The molecule has 262 valence electrons. The number of piperidine rings is 1. The van der Waals surface area contributed by atoms with Gasteiger partial charge in [-0.1, -0.05) is 27.7 Å². The zero-order chi connectivity index (χ0) is 33.7. The molecule has 0 aromatic heterocycles. The average molecular weight is 640 g/mol. The fourth-order valence-electron chi connectivity index (χ4n) is 7.39. The molecule has 0 bridgehead atoms. The van der Waals surface area contributed by atoms with Gasteiger partial charge in [0.05, 0.1) is 17.8 Å². The van der Waals surface area contributed by atoms with Crippen molar-refractivity contribution >= 4 is 11.8 Å². The van der Waals surface area contributed by atoms with Gasteiger partial charge in [0.1, 0.15) is 18.1 Å². The number of Topliss-reactive ketones (excluding diaryl/α,β-unsaturated/α-hetero) is 1. The highest BCUT2D eigenvalue weighted by Crippen LogP contribution is 2.38. The van der Waals surface area contributed by atoms with Crippen molar-refractivity contribution in [2.45, 2.75) is 136 Å². The molecule has 10 heteroatoms. The van der Waals surface area contributed by atoms with Crippen molar-refractivity contribution in [3.05, 3.63) is 0 Å². The Labute approximate surface area is 273 Å². The van der Waals surface area contributed by atoms with Gasteiger partial charge in [-0.2, -0.15) is 0 Å². The molecule has 2 N–H and O–H groups in total. The molecule has 0 aliphatic carbocycles. The summed E-state index contributed by atoms with van der Waals surface area (Å²) in [5.41, 5.74) is -1.88. The van der Waals surface area contributed by atoms with E-state index in [9.17, 15) is 14.7 Å². The van der Waals surface area contributed by atoms with E-state index in [1.54, 1.807) is 27.9 Å². The number of hydrogen-bond donors (Lipinski definition) is 2. The lowest BCUT2D eigenvalue weighted by Gasteiger charge is -2.47. The van der Waals surface area contributed by atoms with Gasteiger partial charge in [-0.05, 0) is 118 Å². The molecule has 9 atom stereocenters. The van der Waals surface area contributed by atoms with Crippen LogP contribution in [-0.4, -0.2) is 123 Å². The molecule has 3 aliphatic rings. The van der Waals surface area contributed by atoms with Gasteiger partial charge >= 0.3 is 5.97 Å². The van der Waals surface area contributed by atoms with Crippen LogP contribution in [0, 0.1) is 22.7 Å². The lowest BCUT2D eigenvalue weighted by Crippen LogP contribution is -2.59. The number of methoxy groups -OCH3 is 1. The first-order valence-corrected chi connectivity index (χ1v) is 17.3. The number of cyclic esters (lactones) is 1. The van der Waals surface area contributed by atoms with Crippen LogP contribution < -0.4 is 5.32 Å². The van der Waals surface area contributed by atoms with Crippen LogP contribution in [0.25, 0.3) is 0 Å². The summed E-state index contributed by atoms with van der Waals surface area (Å²) in [7, 11) is 5.49. The van der Waals surface area contributed by atoms with E-state index >= 15 is 0 Å². The van der Waals surface area contributed by atoms with Crippen molar-refractivity contribution in [2.75, 3.05) is 54.0 Å². The van der Waals surface area contributed by atoms with E-state index in [4.69, 9.17) is 18.9 Å². The predicted molar refractivity (Wildman–Crippen MR) is 176 cm³/mol. The maximum Gasteiger partial charge on any atom is 0.319 e. The molecule has 3 rings (SSSR count). The molecule has 0 amide bonds. The lowest BCUT2D eigenvalue weighted by molar-refractivity contribution is -0.295. The number of nitrogens with one attached hydrogen (secondary N) is 1. The van der Waals surface area contributed by atoms with E-state index < -0.39 is 41.4 Å². The third kappa shape index (κ3) is 9.94. The number of carbonyl (C=O) groups is 2. The number of ether oxygens (including phenoxy) is 4. The summed E-state index contributed by atoms with van der Waals surface area (Å²) in [4.78, 5) is 32.2. The number of rotatable bonds is 8. The van der Waals surface area contributed by atoms with Gasteiger partial charge in [0.2, 0.25) is 0 Å². The van der Waals surface area contributed by atoms with E-state index in [2.05, 4.69) is 31.0 Å². The maximum atomic E-state index is 14.1. The Kier molecular flexibility index (Phi) is 13.5. The molecule has 0 aromatic carbocycles. The van der Waals surface area contributed by atoms with E-state index in [-0.39, 0.29) is 36.5 Å². The fraction of sp³-hybridized carbons (Fsp3) is 0.943. The number of ketones is 1. The summed E-state index contributed by atoms with van der Waals surface area (Å²) in [6.07, 6.45) is 2.77. The van der Waals surface area contributed by atoms with Gasteiger partial charge in [0.15, 0.2) is 12.1 Å². The Balaban J connectivity index is 1.81. The second kappa shape index (κ2) is 15.8. The summed E-state index contributed by atoms with van der Waals surface area (Å²) in [6.45, 7) is 20.0.